The van der Waals surface area contributed by atoms with Gasteiger partial charge in [-0.3, -0.25) is 9.69 Å². The van der Waals surface area contributed by atoms with Crippen LogP contribution in [0.25, 0.3) is 10.2 Å². The third-order valence-electron chi connectivity index (χ3n) is 3.80. The molecule has 130 valence electrons. The van der Waals surface area contributed by atoms with Crippen LogP contribution in [0.15, 0.2) is 64.5 Å². The van der Waals surface area contributed by atoms with Crippen molar-refractivity contribution < 1.29 is 4.79 Å². The Hall–Kier alpha value is -1.73. The van der Waals surface area contributed by atoms with Crippen LogP contribution in [0.4, 0.5) is 5.13 Å². The summed E-state index contributed by atoms with van der Waals surface area (Å²) < 4.78 is 1.89. The summed E-state index contributed by atoms with van der Waals surface area (Å²) >= 11 is 12.6. The number of rotatable bonds is 4. The summed E-state index contributed by atoms with van der Waals surface area (Å²) in [4.78, 5) is 20.2. The fraction of sp³-hybridized carbons (Fsp3) is 0.0526. The summed E-state index contributed by atoms with van der Waals surface area (Å²) in [6.45, 7) is 0.451. The molecule has 0 aliphatic rings. The molecular formula is C19H12BrClN2OS2. The normalized spacial score (nSPS) is 11.0. The number of anilines is 1. The number of benzene rings is 2. The number of amides is 1. The first kappa shape index (κ1) is 17.7. The first-order valence-electron chi connectivity index (χ1n) is 7.78. The number of nitrogens with zero attached hydrogens (tertiary/aromatic N) is 2. The molecule has 3 nitrogen and oxygen atoms in total. The van der Waals surface area contributed by atoms with Gasteiger partial charge in [-0.2, -0.15) is 0 Å². The predicted molar refractivity (Wildman–Crippen MR) is 114 cm³/mol. The Bertz CT molecular complexity index is 1080. The number of thiazole rings is 1. The van der Waals surface area contributed by atoms with Crippen molar-refractivity contribution in [1.82, 2.24) is 4.98 Å². The van der Waals surface area contributed by atoms with Gasteiger partial charge in [0.1, 0.15) is 5.52 Å². The molecule has 4 rings (SSSR count). The summed E-state index contributed by atoms with van der Waals surface area (Å²) in [5.41, 5.74) is 1.77. The monoisotopic (exact) mass is 462 g/mol. The maximum atomic E-state index is 13.2. The lowest BCUT2D eigenvalue weighted by Gasteiger charge is -2.19. The average Bonchev–Trinajstić information content (AvgIpc) is 3.27. The van der Waals surface area contributed by atoms with Crippen LogP contribution in [0.1, 0.15) is 15.2 Å². The molecule has 0 unspecified atom stereocenters. The van der Waals surface area contributed by atoms with E-state index in [1.165, 1.54) is 22.7 Å². The van der Waals surface area contributed by atoms with E-state index in [-0.39, 0.29) is 5.91 Å². The van der Waals surface area contributed by atoms with Crippen LogP contribution in [-0.4, -0.2) is 10.9 Å². The zero-order valence-corrected chi connectivity index (χ0v) is 17.3. The number of halogens is 2. The molecule has 2 heterocycles. The molecule has 0 saturated carbocycles. The van der Waals surface area contributed by atoms with Gasteiger partial charge in [-0.15, -0.1) is 11.3 Å². The van der Waals surface area contributed by atoms with Crippen molar-refractivity contribution in [3.8, 4) is 0 Å². The van der Waals surface area contributed by atoms with Crippen LogP contribution < -0.4 is 4.90 Å². The summed E-state index contributed by atoms with van der Waals surface area (Å²) in [5.74, 6) is -0.0697. The molecule has 0 bridgehead atoms. The highest BCUT2D eigenvalue weighted by molar-refractivity contribution is 9.11. The van der Waals surface area contributed by atoms with Gasteiger partial charge in [0.05, 0.1) is 24.9 Å². The van der Waals surface area contributed by atoms with Crippen LogP contribution in [0.5, 0.6) is 0 Å². The van der Waals surface area contributed by atoms with Crippen LogP contribution in [-0.2, 0) is 6.54 Å². The van der Waals surface area contributed by atoms with Gasteiger partial charge in [-0.25, -0.2) is 4.98 Å². The molecule has 2 aromatic heterocycles. The standard InChI is InChI=1S/C19H12BrClN2OS2/c20-16-10-9-15(25-16)18(24)23(11-12-5-2-1-3-6-12)19-22-17-13(21)7-4-8-14(17)26-19/h1-10H,11H2. The molecule has 26 heavy (non-hydrogen) atoms. The topological polar surface area (TPSA) is 33.2 Å². The van der Waals surface area contributed by atoms with E-state index < -0.39 is 0 Å². The van der Waals surface area contributed by atoms with Crippen molar-refractivity contribution in [3.63, 3.8) is 0 Å². The number of para-hydroxylation sites is 1. The fourth-order valence-electron chi connectivity index (χ4n) is 2.57. The second-order valence-corrected chi connectivity index (χ2v) is 9.44. The molecule has 2 aromatic carbocycles. The van der Waals surface area contributed by atoms with Crippen molar-refractivity contribution in [3.05, 3.63) is 79.9 Å². The molecule has 0 aliphatic heterocycles. The minimum absolute atomic E-state index is 0.0697. The smallest absolute Gasteiger partial charge is 0.270 e. The largest absolute Gasteiger partial charge is 0.279 e. The van der Waals surface area contributed by atoms with Gasteiger partial charge in [0.2, 0.25) is 0 Å². The molecule has 0 spiro atoms. The van der Waals surface area contributed by atoms with Gasteiger partial charge < -0.3 is 0 Å². The Morgan fingerprint density at radius 2 is 1.85 bits per heavy atom. The number of fused-ring (bicyclic) bond motifs is 1. The maximum Gasteiger partial charge on any atom is 0.270 e. The van der Waals surface area contributed by atoms with E-state index in [0.717, 1.165) is 19.6 Å². The van der Waals surface area contributed by atoms with E-state index in [0.29, 0.717) is 21.6 Å². The fourth-order valence-corrected chi connectivity index (χ4v) is 5.17. The number of hydrogen-bond donors (Lipinski definition) is 0. The number of aromatic nitrogens is 1. The molecule has 7 heteroatoms. The number of carbonyl (C=O) groups is 1. The molecule has 0 atom stereocenters. The molecule has 0 N–H and O–H groups in total. The Kier molecular flexibility index (Phi) is 5.09. The van der Waals surface area contributed by atoms with Crippen molar-refractivity contribution in [2.75, 3.05) is 4.90 Å². The van der Waals surface area contributed by atoms with Crippen LogP contribution in [0.3, 0.4) is 0 Å². The summed E-state index contributed by atoms with van der Waals surface area (Å²) in [7, 11) is 0. The average molecular weight is 464 g/mol. The molecule has 1 amide bonds. The zero-order valence-electron chi connectivity index (χ0n) is 13.4. The lowest BCUT2D eigenvalue weighted by molar-refractivity contribution is 0.0989. The van der Waals surface area contributed by atoms with E-state index in [1.807, 2.05) is 60.7 Å². The quantitative estimate of drug-likeness (QED) is 0.341. The van der Waals surface area contributed by atoms with Crippen molar-refractivity contribution >= 4 is 71.5 Å². The minimum Gasteiger partial charge on any atom is -0.279 e. The highest BCUT2D eigenvalue weighted by Gasteiger charge is 2.23. The van der Waals surface area contributed by atoms with Crippen molar-refractivity contribution in [2.45, 2.75) is 6.54 Å². The SMILES string of the molecule is O=C(c1ccc(Br)s1)N(Cc1ccccc1)c1nc2c(Cl)cccc2s1. The van der Waals surface area contributed by atoms with Crippen LogP contribution >= 0.6 is 50.2 Å². The molecule has 0 saturated heterocycles. The highest BCUT2D eigenvalue weighted by Crippen LogP contribution is 2.35. The van der Waals surface area contributed by atoms with Gasteiger partial charge in [-0.05, 0) is 45.8 Å². The highest BCUT2D eigenvalue weighted by atomic mass is 79.9. The zero-order chi connectivity index (χ0) is 18.1. The molecule has 0 radical (unpaired) electrons. The van der Waals surface area contributed by atoms with Gasteiger partial charge in [-0.1, -0.05) is 59.3 Å². The third-order valence-corrected chi connectivity index (χ3v) is 6.76. The lowest BCUT2D eigenvalue weighted by atomic mass is 10.2. The predicted octanol–water partition coefficient (Wildman–Crippen LogP) is 6.62. The van der Waals surface area contributed by atoms with E-state index in [1.54, 1.807) is 4.90 Å². The van der Waals surface area contributed by atoms with E-state index in [2.05, 4.69) is 20.9 Å². The molecular weight excluding hydrogens is 452 g/mol. The van der Waals surface area contributed by atoms with E-state index in [9.17, 15) is 4.79 Å². The Labute approximate surface area is 172 Å². The second kappa shape index (κ2) is 7.48. The Morgan fingerprint density at radius 1 is 1.04 bits per heavy atom. The Balaban J connectivity index is 1.78. The van der Waals surface area contributed by atoms with E-state index in [4.69, 9.17) is 11.6 Å². The summed E-state index contributed by atoms with van der Waals surface area (Å²) in [6, 6.07) is 19.3. The van der Waals surface area contributed by atoms with Crippen LogP contribution in [0.2, 0.25) is 5.02 Å². The van der Waals surface area contributed by atoms with Gasteiger partial charge >= 0.3 is 0 Å². The van der Waals surface area contributed by atoms with Gasteiger partial charge in [0.25, 0.3) is 5.91 Å². The molecule has 0 fully saturated rings. The molecule has 0 aliphatic carbocycles. The van der Waals surface area contributed by atoms with Gasteiger partial charge in [0.15, 0.2) is 5.13 Å². The first-order chi connectivity index (χ1) is 12.6. The Morgan fingerprint density at radius 3 is 2.54 bits per heavy atom. The number of thiophene rings is 1. The second-order valence-electron chi connectivity index (χ2n) is 5.56. The van der Waals surface area contributed by atoms with Gasteiger partial charge in [0, 0.05) is 0 Å². The third kappa shape index (κ3) is 3.55. The number of carbonyl (C=O) groups excluding carboxylic acids is 1. The molecule has 4 aromatic rings. The minimum atomic E-state index is -0.0697. The summed E-state index contributed by atoms with van der Waals surface area (Å²) in [5, 5.41) is 1.24. The maximum absolute atomic E-state index is 13.2. The van der Waals surface area contributed by atoms with Crippen LogP contribution in [0, 0.1) is 0 Å². The van der Waals surface area contributed by atoms with Crippen molar-refractivity contribution in [1.29, 1.82) is 0 Å². The lowest BCUT2D eigenvalue weighted by Crippen LogP contribution is -2.29. The van der Waals surface area contributed by atoms with Crippen molar-refractivity contribution in [2.24, 2.45) is 0 Å². The van der Waals surface area contributed by atoms with E-state index >= 15 is 0 Å². The number of hydrogen-bond acceptors (Lipinski definition) is 4. The summed E-state index contributed by atoms with van der Waals surface area (Å²) in [6.07, 6.45) is 0. The first-order valence-corrected chi connectivity index (χ1v) is 10.6.